The highest BCUT2D eigenvalue weighted by molar-refractivity contribution is 8.01. The van der Waals surface area contributed by atoms with Gasteiger partial charge in [0, 0.05) is 0 Å². The molecular formula is C21H17N5O2S3. The van der Waals surface area contributed by atoms with Crippen LogP contribution in [0.15, 0.2) is 58.6 Å². The van der Waals surface area contributed by atoms with Crippen LogP contribution in [0.5, 0.6) is 5.75 Å². The number of benzene rings is 2. The minimum Gasteiger partial charge on any atom is -0.510 e. The SMILES string of the molecule is CCOc1ccccc1Nc1nnc(SC/C(O)=C(\C#N)c2nc3ccccc3s2)s1. The van der Waals surface area contributed by atoms with Gasteiger partial charge in [0.25, 0.3) is 0 Å². The van der Waals surface area contributed by atoms with Crippen LogP contribution < -0.4 is 10.1 Å². The predicted octanol–water partition coefficient (Wildman–Crippen LogP) is 5.88. The molecule has 4 aromatic rings. The van der Waals surface area contributed by atoms with Gasteiger partial charge in [0.15, 0.2) is 4.34 Å². The fraction of sp³-hybridized carbons (Fsp3) is 0.143. The molecule has 0 radical (unpaired) electrons. The lowest BCUT2D eigenvalue weighted by Gasteiger charge is -2.09. The lowest BCUT2D eigenvalue weighted by molar-refractivity contribution is 0.342. The molecule has 0 aliphatic carbocycles. The number of fused-ring (bicyclic) bond motifs is 1. The summed E-state index contributed by atoms with van der Waals surface area (Å²) in [7, 11) is 0. The molecule has 0 fully saturated rings. The largest absolute Gasteiger partial charge is 0.510 e. The highest BCUT2D eigenvalue weighted by atomic mass is 32.2. The lowest BCUT2D eigenvalue weighted by Crippen LogP contribution is -1.97. The van der Waals surface area contributed by atoms with Crippen LogP contribution in [0.3, 0.4) is 0 Å². The first-order chi connectivity index (χ1) is 15.2. The van der Waals surface area contributed by atoms with Crippen molar-refractivity contribution in [1.29, 1.82) is 5.26 Å². The van der Waals surface area contributed by atoms with E-state index >= 15 is 0 Å². The second kappa shape index (κ2) is 9.78. The van der Waals surface area contributed by atoms with E-state index in [1.165, 1.54) is 34.4 Å². The summed E-state index contributed by atoms with van der Waals surface area (Å²) in [6.45, 7) is 2.50. The Balaban J connectivity index is 1.45. The van der Waals surface area contributed by atoms with Crippen LogP contribution in [-0.4, -0.2) is 32.6 Å². The second-order valence-corrected chi connectivity index (χ2v) is 9.37. The smallest absolute Gasteiger partial charge is 0.210 e. The van der Waals surface area contributed by atoms with Crippen LogP contribution in [0.4, 0.5) is 10.8 Å². The van der Waals surface area contributed by atoms with Crippen molar-refractivity contribution in [2.24, 2.45) is 0 Å². The van der Waals surface area contributed by atoms with Crippen LogP contribution in [-0.2, 0) is 0 Å². The Hall–Kier alpha value is -3.13. The van der Waals surface area contributed by atoms with Gasteiger partial charge < -0.3 is 15.2 Å². The number of aliphatic hydroxyl groups excluding tert-OH is 1. The lowest BCUT2D eigenvalue weighted by atomic mass is 10.2. The van der Waals surface area contributed by atoms with Crippen molar-refractivity contribution in [3.8, 4) is 11.8 Å². The maximum absolute atomic E-state index is 10.5. The third-order valence-corrected chi connectivity index (χ3v) is 7.11. The molecule has 0 aliphatic heterocycles. The van der Waals surface area contributed by atoms with Crippen LogP contribution >= 0.6 is 34.4 Å². The molecule has 7 nitrogen and oxygen atoms in total. The molecule has 31 heavy (non-hydrogen) atoms. The maximum atomic E-state index is 10.5. The molecule has 0 amide bonds. The zero-order valence-electron chi connectivity index (χ0n) is 16.4. The summed E-state index contributed by atoms with van der Waals surface area (Å²) in [5.41, 5.74) is 1.80. The number of nitrogens with one attached hydrogen (secondary N) is 1. The molecule has 2 aromatic heterocycles. The van der Waals surface area contributed by atoms with Crippen LogP contribution in [0.2, 0.25) is 0 Å². The van der Waals surface area contributed by atoms with E-state index in [-0.39, 0.29) is 17.1 Å². The first-order valence-corrected chi connectivity index (χ1v) is 11.9. The molecular weight excluding hydrogens is 450 g/mol. The molecule has 0 spiro atoms. The molecule has 2 aromatic carbocycles. The Bertz CT molecular complexity index is 1240. The molecule has 156 valence electrons. The number of thioether (sulfide) groups is 1. The Kier molecular flexibility index (Phi) is 6.66. The number of nitriles is 1. The van der Waals surface area contributed by atoms with Gasteiger partial charge in [-0.3, -0.25) is 0 Å². The number of nitrogens with zero attached hydrogens (tertiary/aromatic N) is 4. The van der Waals surface area contributed by atoms with E-state index in [1.54, 1.807) is 0 Å². The summed E-state index contributed by atoms with van der Waals surface area (Å²) in [6, 6.07) is 17.3. The number of aliphatic hydroxyl groups is 1. The van der Waals surface area contributed by atoms with Crippen LogP contribution in [0, 0.1) is 11.3 Å². The van der Waals surface area contributed by atoms with Gasteiger partial charge in [0.05, 0.1) is 28.3 Å². The summed E-state index contributed by atoms with van der Waals surface area (Å²) in [4.78, 5) is 4.46. The molecule has 0 aliphatic rings. The summed E-state index contributed by atoms with van der Waals surface area (Å²) in [5, 5.41) is 32.7. The van der Waals surface area contributed by atoms with Gasteiger partial charge in [-0.05, 0) is 31.2 Å². The number of ether oxygens (including phenoxy) is 1. The van der Waals surface area contributed by atoms with E-state index in [9.17, 15) is 10.4 Å². The second-order valence-electron chi connectivity index (χ2n) is 6.14. The quantitative estimate of drug-likeness (QED) is 0.188. The van der Waals surface area contributed by atoms with Crippen LogP contribution in [0.1, 0.15) is 11.9 Å². The van der Waals surface area contributed by atoms with Crippen LogP contribution in [0.25, 0.3) is 15.8 Å². The number of para-hydroxylation sites is 3. The standard InChI is InChI=1S/C21H17N5O2S3/c1-2-28-17-9-5-3-7-14(17)24-20-25-26-21(31-20)29-12-16(27)13(11-22)19-23-15-8-4-6-10-18(15)30-19/h3-10,27H,2,12H2,1H3,(H,24,25)/b16-13-. The molecule has 10 heteroatoms. The van der Waals surface area contributed by atoms with Gasteiger partial charge >= 0.3 is 0 Å². The topological polar surface area (TPSA) is 104 Å². The fourth-order valence-electron chi connectivity index (χ4n) is 2.70. The van der Waals surface area contributed by atoms with Crippen molar-refractivity contribution in [3.63, 3.8) is 0 Å². The van der Waals surface area contributed by atoms with E-state index < -0.39 is 0 Å². The first-order valence-electron chi connectivity index (χ1n) is 9.31. The number of hydrogen-bond donors (Lipinski definition) is 2. The molecule has 2 heterocycles. The van der Waals surface area contributed by atoms with E-state index in [4.69, 9.17) is 4.74 Å². The molecule has 2 N–H and O–H groups in total. The molecule has 4 rings (SSSR count). The van der Waals surface area contributed by atoms with Gasteiger partial charge in [-0.15, -0.1) is 21.5 Å². The maximum Gasteiger partial charge on any atom is 0.210 e. The van der Waals surface area contributed by atoms with E-state index in [2.05, 4.69) is 26.6 Å². The number of anilines is 2. The Morgan fingerprint density at radius 1 is 1.16 bits per heavy atom. The minimum atomic E-state index is -0.0297. The Morgan fingerprint density at radius 2 is 1.97 bits per heavy atom. The average molecular weight is 468 g/mol. The number of thiazole rings is 1. The summed E-state index contributed by atoms with van der Waals surface area (Å²) in [5.74, 6) is 0.908. The average Bonchev–Trinajstić information content (AvgIpc) is 3.41. The van der Waals surface area contributed by atoms with Gasteiger partial charge in [-0.1, -0.05) is 47.4 Å². The molecule has 0 bridgehead atoms. The summed E-state index contributed by atoms with van der Waals surface area (Å²) < 4.78 is 7.25. The van der Waals surface area contributed by atoms with Crippen molar-refractivity contribution in [2.45, 2.75) is 11.3 Å². The van der Waals surface area contributed by atoms with E-state index in [0.717, 1.165) is 21.7 Å². The molecule has 0 unspecified atom stereocenters. The first kappa shape index (κ1) is 21.1. The normalized spacial score (nSPS) is 11.7. The fourth-order valence-corrected chi connectivity index (χ4v) is 5.33. The van der Waals surface area contributed by atoms with Crippen molar-refractivity contribution in [2.75, 3.05) is 17.7 Å². The Morgan fingerprint density at radius 3 is 2.77 bits per heavy atom. The Labute approximate surface area is 191 Å². The van der Waals surface area contributed by atoms with Crippen molar-refractivity contribution >= 4 is 61.0 Å². The minimum absolute atomic E-state index is 0.0297. The van der Waals surface area contributed by atoms with E-state index in [1.807, 2.05) is 55.5 Å². The zero-order chi connectivity index (χ0) is 21.6. The summed E-state index contributed by atoms with van der Waals surface area (Å²) in [6.07, 6.45) is 0. The monoisotopic (exact) mass is 467 g/mol. The number of allylic oxidation sites excluding steroid dienone is 1. The number of rotatable bonds is 8. The van der Waals surface area contributed by atoms with Crippen molar-refractivity contribution in [1.82, 2.24) is 15.2 Å². The third kappa shape index (κ3) is 4.96. The zero-order valence-corrected chi connectivity index (χ0v) is 18.9. The third-order valence-electron chi connectivity index (χ3n) is 4.08. The van der Waals surface area contributed by atoms with Gasteiger partial charge in [-0.25, -0.2) is 4.98 Å². The van der Waals surface area contributed by atoms with Gasteiger partial charge in [0.2, 0.25) is 5.13 Å². The van der Waals surface area contributed by atoms with Gasteiger partial charge in [-0.2, -0.15) is 5.26 Å². The van der Waals surface area contributed by atoms with E-state index in [0.29, 0.717) is 21.1 Å². The molecule has 0 atom stereocenters. The highest BCUT2D eigenvalue weighted by Gasteiger charge is 2.15. The number of aromatic nitrogens is 3. The summed E-state index contributed by atoms with van der Waals surface area (Å²) >= 11 is 4.05. The molecule has 0 saturated carbocycles. The predicted molar refractivity (Wildman–Crippen MR) is 126 cm³/mol. The van der Waals surface area contributed by atoms with Crippen molar-refractivity contribution in [3.05, 3.63) is 59.3 Å². The van der Waals surface area contributed by atoms with Gasteiger partial charge in [0.1, 0.15) is 28.2 Å². The highest BCUT2D eigenvalue weighted by Crippen LogP contribution is 2.33. The number of hydrogen-bond acceptors (Lipinski definition) is 10. The van der Waals surface area contributed by atoms with Crippen molar-refractivity contribution < 1.29 is 9.84 Å². The molecule has 0 saturated heterocycles.